The summed E-state index contributed by atoms with van der Waals surface area (Å²) in [4.78, 5) is 38.1. The SMILES string of the molecule is CC(=O)c1c(C)[nH]c(C(=O)OCC(=O)Nc2ccc(F)cc2F)c1C. The fourth-order valence-electron chi connectivity index (χ4n) is 2.46. The Hall–Kier alpha value is -3.03. The number of anilines is 1. The zero-order valence-corrected chi connectivity index (χ0v) is 13.8. The Balaban J connectivity index is 2.01. The van der Waals surface area contributed by atoms with Gasteiger partial charge in [0.1, 0.15) is 17.3 Å². The van der Waals surface area contributed by atoms with Crippen LogP contribution in [-0.4, -0.2) is 29.3 Å². The van der Waals surface area contributed by atoms with Crippen molar-refractivity contribution in [1.29, 1.82) is 0 Å². The van der Waals surface area contributed by atoms with E-state index < -0.39 is 30.1 Å². The second-order valence-corrected chi connectivity index (χ2v) is 5.43. The minimum atomic E-state index is -0.943. The third kappa shape index (κ3) is 4.09. The number of ether oxygens (including phenoxy) is 1. The van der Waals surface area contributed by atoms with Crippen LogP contribution in [0.2, 0.25) is 0 Å². The van der Waals surface area contributed by atoms with Crippen molar-refractivity contribution in [2.45, 2.75) is 20.8 Å². The molecule has 0 aliphatic rings. The van der Waals surface area contributed by atoms with Crippen molar-refractivity contribution in [3.63, 3.8) is 0 Å². The number of ketones is 1. The fraction of sp³-hybridized carbons (Fsp3) is 0.235. The Labute approximate surface area is 142 Å². The van der Waals surface area contributed by atoms with Gasteiger partial charge in [0.2, 0.25) is 0 Å². The van der Waals surface area contributed by atoms with Gasteiger partial charge in [-0.05, 0) is 38.5 Å². The summed E-state index contributed by atoms with van der Waals surface area (Å²) in [5.74, 6) is -3.52. The molecule has 0 aliphatic heterocycles. The smallest absolute Gasteiger partial charge is 0.355 e. The number of aromatic nitrogens is 1. The first-order chi connectivity index (χ1) is 11.7. The molecule has 2 rings (SSSR count). The molecule has 0 radical (unpaired) electrons. The van der Waals surface area contributed by atoms with Gasteiger partial charge in [-0.3, -0.25) is 9.59 Å². The van der Waals surface area contributed by atoms with Crippen molar-refractivity contribution < 1.29 is 27.9 Å². The Morgan fingerprint density at radius 3 is 2.44 bits per heavy atom. The molecule has 0 unspecified atom stereocenters. The van der Waals surface area contributed by atoms with Gasteiger partial charge < -0.3 is 15.0 Å². The standard InChI is InChI=1S/C17H16F2N2O4/c1-8-15(10(3)22)9(2)20-16(8)17(24)25-7-14(23)21-13-5-4-11(18)6-12(13)19/h4-6,20H,7H2,1-3H3,(H,21,23). The summed E-state index contributed by atoms with van der Waals surface area (Å²) in [6.07, 6.45) is 0. The maximum absolute atomic E-state index is 13.5. The maximum atomic E-state index is 13.5. The molecule has 0 aliphatic carbocycles. The van der Waals surface area contributed by atoms with Crippen molar-refractivity contribution in [2.24, 2.45) is 0 Å². The van der Waals surface area contributed by atoms with E-state index in [9.17, 15) is 23.2 Å². The molecule has 0 fully saturated rings. The first-order valence-electron chi connectivity index (χ1n) is 7.32. The Bertz CT molecular complexity index is 859. The van der Waals surface area contributed by atoms with Crippen molar-refractivity contribution >= 4 is 23.3 Å². The first-order valence-corrected chi connectivity index (χ1v) is 7.32. The maximum Gasteiger partial charge on any atom is 0.355 e. The number of benzene rings is 1. The highest BCUT2D eigenvalue weighted by molar-refractivity contribution is 6.01. The lowest BCUT2D eigenvalue weighted by atomic mass is 10.1. The van der Waals surface area contributed by atoms with Gasteiger partial charge in [0.25, 0.3) is 5.91 Å². The summed E-state index contributed by atoms with van der Waals surface area (Å²) in [6, 6.07) is 2.66. The van der Waals surface area contributed by atoms with E-state index in [1.807, 2.05) is 0 Å². The van der Waals surface area contributed by atoms with Crippen LogP contribution in [0.15, 0.2) is 18.2 Å². The molecule has 1 heterocycles. The lowest BCUT2D eigenvalue weighted by Gasteiger charge is -2.07. The van der Waals surface area contributed by atoms with Gasteiger partial charge in [-0.2, -0.15) is 0 Å². The summed E-state index contributed by atoms with van der Waals surface area (Å²) in [6.45, 7) is 3.95. The molecule has 2 N–H and O–H groups in total. The van der Waals surface area contributed by atoms with Crippen LogP contribution in [0.4, 0.5) is 14.5 Å². The second-order valence-electron chi connectivity index (χ2n) is 5.43. The van der Waals surface area contributed by atoms with Gasteiger partial charge in [-0.1, -0.05) is 0 Å². The minimum absolute atomic E-state index is 0.0727. The van der Waals surface area contributed by atoms with E-state index in [4.69, 9.17) is 4.74 Å². The average molecular weight is 350 g/mol. The molecular weight excluding hydrogens is 334 g/mol. The highest BCUT2D eigenvalue weighted by Crippen LogP contribution is 2.19. The van der Waals surface area contributed by atoms with Crippen LogP contribution in [-0.2, 0) is 9.53 Å². The molecule has 132 valence electrons. The molecule has 0 spiro atoms. The number of aromatic amines is 1. The van der Waals surface area contributed by atoms with Crippen LogP contribution < -0.4 is 5.32 Å². The van der Waals surface area contributed by atoms with Crippen LogP contribution >= 0.6 is 0 Å². The molecular formula is C17H16F2N2O4. The summed E-state index contributed by atoms with van der Waals surface area (Å²) in [5.41, 5.74) is 1.19. The van der Waals surface area contributed by atoms with Gasteiger partial charge in [-0.15, -0.1) is 0 Å². The molecule has 0 saturated carbocycles. The predicted molar refractivity (Wildman–Crippen MR) is 85.5 cm³/mol. The minimum Gasteiger partial charge on any atom is -0.451 e. The number of rotatable bonds is 5. The number of carbonyl (C=O) groups excluding carboxylic acids is 3. The average Bonchev–Trinajstić information content (AvgIpc) is 2.82. The summed E-state index contributed by atoms with van der Waals surface area (Å²) >= 11 is 0. The van der Waals surface area contributed by atoms with E-state index >= 15 is 0 Å². The molecule has 1 aromatic heterocycles. The van der Waals surface area contributed by atoms with Gasteiger partial charge >= 0.3 is 5.97 Å². The third-order valence-corrected chi connectivity index (χ3v) is 3.53. The van der Waals surface area contributed by atoms with Crippen molar-refractivity contribution in [3.8, 4) is 0 Å². The van der Waals surface area contributed by atoms with Crippen molar-refractivity contribution in [2.75, 3.05) is 11.9 Å². The number of H-pyrrole nitrogens is 1. The van der Waals surface area contributed by atoms with Gasteiger partial charge in [0.05, 0.1) is 5.69 Å². The van der Waals surface area contributed by atoms with E-state index in [2.05, 4.69) is 10.3 Å². The number of halogens is 2. The predicted octanol–water partition coefficient (Wildman–Crippen LogP) is 2.91. The largest absolute Gasteiger partial charge is 0.451 e. The molecule has 1 aromatic carbocycles. The molecule has 6 nitrogen and oxygen atoms in total. The van der Waals surface area contributed by atoms with Gasteiger partial charge in [0.15, 0.2) is 12.4 Å². The Kier molecular flexibility index (Phi) is 5.31. The topological polar surface area (TPSA) is 88.3 Å². The number of carbonyl (C=O) groups is 3. The number of hydrogen-bond donors (Lipinski definition) is 2. The molecule has 2 aromatic rings. The zero-order chi connectivity index (χ0) is 18.7. The molecule has 0 bridgehead atoms. The fourth-order valence-corrected chi connectivity index (χ4v) is 2.46. The normalized spacial score (nSPS) is 10.4. The third-order valence-electron chi connectivity index (χ3n) is 3.53. The van der Waals surface area contributed by atoms with E-state index in [-0.39, 0.29) is 17.2 Å². The lowest BCUT2D eigenvalue weighted by molar-refractivity contribution is -0.119. The molecule has 0 atom stereocenters. The molecule has 1 amide bonds. The highest BCUT2D eigenvalue weighted by Gasteiger charge is 2.21. The number of amides is 1. The van der Waals surface area contributed by atoms with Crippen LogP contribution in [0.5, 0.6) is 0 Å². The molecule has 8 heteroatoms. The molecule has 25 heavy (non-hydrogen) atoms. The molecule has 0 saturated heterocycles. The van der Waals surface area contributed by atoms with Gasteiger partial charge in [0, 0.05) is 17.3 Å². The van der Waals surface area contributed by atoms with E-state index in [1.54, 1.807) is 13.8 Å². The Morgan fingerprint density at radius 2 is 1.88 bits per heavy atom. The van der Waals surface area contributed by atoms with Crippen molar-refractivity contribution in [3.05, 3.63) is 52.3 Å². The van der Waals surface area contributed by atoms with Crippen LogP contribution in [0, 0.1) is 25.5 Å². The van der Waals surface area contributed by atoms with Gasteiger partial charge in [-0.25, -0.2) is 13.6 Å². The number of esters is 1. The monoisotopic (exact) mass is 350 g/mol. The first kappa shape index (κ1) is 18.3. The van der Waals surface area contributed by atoms with Crippen molar-refractivity contribution in [1.82, 2.24) is 4.98 Å². The van der Waals surface area contributed by atoms with E-state index in [0.29, 0.717) is 22.9 Å². The number of Topliss-reactive ketones (excluding diaryl/α,β-unsaturated/α-hetero) is 1. The lowest BCUT2D eigenvalue weighted by Crippen LogP contribution is -2.22. The quantitative estimate of drug-likeness (QED) is 0.641. The zero-order valence-electron chi connectivity index (χ0n) is 13.8. The number of hydrogen-bond acceptors (Lipinski definition) is 4. The number of aryl methyl sites for hydroxylation is 1. The summed E-state index contributed by atoms with van der Waals surface area (Å²) < 4.78 is 31.1. The van der Waals surface area contributed by atoms with E-state index in [0.717, 1.165) is 12.1 Å². The summed E-state index contributed by atoms with van der Waals surface area (Å²) in [7, 11) is 0. The Morgan fingerprint density at radius 1 is 1.20 bits per heavy atom. The summed E-state index contributed by atoms with van der Waals surface area (Å²) in [5, 5.41) is 2.17. The highest BCUT2D eigenvalue weighted by atomic mass is 19.1. The number of nitrogens with one attached hydrogen (secondary N) is 2. The van der Waals surface area contributed by atoms with E-state index in [1.165, 1.54) is 6.92 Å². The van der Waals surface area contributed by atoms with Crippen LogP contribution in [0.3, 0.4) is 0 Å². The van der Waals surface area contributed by atoms with Crippen LogP contribution in [0.25, 0.3) is 0 Å². The van der Waals surface area contributed by atoms with Crippen LogP contribution in [0.1, 0.15) is 39.0 Å². The second kappa shape index (κ2) is 7.25.